The number of fused-ring (bicyclic) bond motifs is 1. The fourth-order valence-electron chi connectivity index (χ4n) is 3.57. The molecule has 0 aliphatic rings. The number of carbonyl (C=O) groups is 1. The van der Waals surface area contributed by atoms with E-state index < -0.39 is 15.9 Å². The molecule has 0 atom stereocenters. The van der Waals surface area contributed by atoms with Crippen LogP contribution in [-0.4, -0.2) is 36.3 Å². The van der Waals surface area contributed by atoms with Gasteiger partial charge in [0.25, 0.3) is 5.91 Å². The van der Waals surface area contributed by atoms with E-state index in [9.17, 15) is 13.2 Å². The zero-order valence-corrected chi connectivity index (χ0v) is 22.0. The van der Waals surface area contributed by atoms with Crippen molar-refractivity contribution in [1.82, 2.24) is 8.87 Å². The standard InChI is InChI=1S/C25H28ClN3O3S2/c1-6-14-29-23-21(26)8-7-9-22(23)33-25(29)27-24(30)19-10-12-20(13-11-19)34(31,32)28(15-17(2)3)16-18(4)5/h1,7-13,17-18H,14-16H2,2-5H3. The highest BCUT2D eigenvalue weighted by molar-refractivity contribution is 7.89. The molecule has 2 aromatic carbocycles. The fraction of sp³-hybridized carbons (Fsp3) is 0.360. The third-order valence-corrected chi connectivity index (χ3v) is 8.17. The molecule has 1 heterocycles. The first-order valence-electron chi connectivity index (χ1n) is 10.9. The molecule has 0 bridgehead atoms. The van der Waals surface area contributed by atoms with Crippen LogP contribution in [0.3, 0.4) is 0 Å². The summed E-state index contributed by atoms with van der Waals surface area (Å²) in [4.78, 5) is 17.7. The van der Waals surface area contributed by atoms with Crippen LogP contribution in [0.5, 0.6) is 0 Å². The highest BCUT2D eigenvalue weighted by atomic mass is 35.5. The molecule has 9 heteroatoms. The number of nitrogens with zero attached hydrogens (tertiary/aromatic N) is 3. The Hall–Kier alpha value is -2.44. The summed E-state index contributed by atoms with van der Waals surface area (Å²) in [6.45, 7) is 9.02. The van der Waals surface area contributed by atoms with Crippen molar-refractivity contribution in [3.63, 3.8) is 0 Å². The molecule has 0 aliphatic heterocycles. The molecule has 0 aliphatic carbocycles. The van der Waals surface area contributed by atoms with Crippen molar-refractivity contribution < 1.29 is 13.2 Å². The maximum Gasteiger partial charge on any atom is 0.279 e. The number of hydrogen-bond acceptors (Lipinski definition) is 4. The molecule has 0 fully saturated rings. The Morgan fingerprint density at radius 3 is 2.29 bits per heavy atom. The Labute approximate surface area is 209 Å². The van der Waals surface area contributed by atoms with Crippen LogP contribution in [0.25, 0.3) is 10.2 Å². The fourth-order valence-corrected chi connectivity index (χ4v) is 6.72. The van der Waals surface area contributed by atoms with Crippen molar-refractivity contribution in [3.8, 4) is 12.3 Å². The smallest absolute Gasteiger partial charge is 0.279 e. The number of thiazole rings is 1. The van der Waals surface area contributed by atoms with Gasteiger partial charge in [0.15, 0.2) is 4.80 Å². The lowest BCUT2D eigenvalue weighted by Crippen LogP contribution is -2.37. The monoisotopic (exact) mass is 517 g/mol. The summed E-state index contributed by atoms with van der Waals surface area (Å²) in [5.74, 6) is 2.47. The van der Waals surface area contributed by atoms with Crippen LogP contribution < -0.4 is 4.80 Å². The second kappa shape index (κ2) is 10.9. The Morgan fingerprint density at radius 1 is 1.12 bits per heavy atom. The molecule has 0 saturated heterocycles. The van der Waals surface area contributed by atoms with Crippen molar-refractivity contribution >= 4 is 49.1 Å². The molecule has 0 N–H and O–H groups in total. The van der Waals surface area contributed by atoms with Crippen LogP contribution >= 0.6 is 22.9 Å². The van der Waals surface area contributed by atoms with Gasteiger partial charge in [-0.15, -0.1) is 6.42 Å². The van der Waals surface area contributed by atoms with Gasteiger partial charge in [0.05, 0.1) is 26.7 Å². The normalized spacial score (nSPS) is 12.7. The minimum atomic E-state index is -3.68. The maximum atomic E-state index is 13.2. The summed E-state index contributed by atoms with van der Waals surface area (Å²) in [5.41, 5.74) is 1.02. The molecule has 1 amide bonds. The average molecular weight is 518 g/mol. The number of amides is 1. The maximum absolute atomic E-state index is 13.2. The molecule has 3 aromatic rings. The van der Waals surface area contributed by atoms with Gasteiger partial charge in [-0.3, -0.25) is 4.79 Å². The van der Waals surface area contributed by atoms with E-state index in [1.165, 1.54) is 39.9 Å². The molecule has 3 rings (SSSR count). The molecular weight excluding hydrogens is 490 g/mol. The highest BCUT2D eigenvalue weighted by Gasteiger charge is 2.26. The second-order valence-electron chi connectivity index (χ2n) is 8.81. The van der Waals surface area contributed by atoms with Gasteiger partial charge in [-0.2, -0.15) is 9.30 Å². The minimum Gasteiger partial charge on any atom is -0.303 e. The number of benzene rings is 2. The molecule has 0 saturated carbocycles. The van der Waals surface area contributed by atoms with E-state index >= 15 is 0 Å². The first kappa shape index (κ1) is 26.2. The van der Waals surface area contributed by atoms with E-state index in [4.69, 9.17) is 18.0 Å². The van der Waals surface area contributed by atoms with Crippen LogP contribution in [0.1, 0.15) is 38.1 Å². The van der Waals surface area contributed by atoms with E-state index in [-0.39, 0.29) is 28.8 Å². The summed E-state index contributed by atoms with van der Waals surface area (Å²) >= 11 is 7.66. The van der Waals surface area contributed by atoms with Gasteiger partial charge in [0, 0.05) is 18.7 Å². The van der Waals surface area contributed by atoms with Gasteiger partial charge < -0.3 is 4.57 Å². The topological polar surface area (TPSA) is 71.7 Å². The molecule has 0 spiro atoms. The molecular formula is C25H28ClN3O3S2. The molecule has 180 valence electrons. The predicted octanol–water partition coefficient (Wildman–Crippen LogP) is 5.03. The van der Waals surface area contributed by atoms with E-state index in [0.717, 1.165) is 10.2 Å². The Bertz CT molecular complexity index is 1390. The van der Waals surface area contributed by atoms with E-state index in [0.29, 0.717) is 22.9 Å². The zero-order valence-electron chi connectivity index (χ0n) is 19.7. The van der Waals surface area contributed by atoms with Crippen molar-refractivity contribution in [2.24, 2.45) is 16.8 Å². The lowest BCUT2D eigenvalue weighted by Gasteiger charge is -2.25. The first-order chi connectivity index (χ1) is 16.0. The summed E-state index contributed by atoms with van der Waals surface area (Å²) < 4.78 is 30.5. The predicted molar refractivity (Wildman–Crippen MR) is 138 cm³/mol. The number of sulfonamides is 1. The van der Waals surface area contributed by atoms with Gasteiger partial charge in [-0.25, -0.2) is 8.42 Å². The summed E-state index contributed by atoms with van der Waals surface area (Å²) in [7, 11) is -3.68. The van der Waals surface area contributed by atoms with E-state index in [1.807, 2.05) is 39.8 Å². The summed E-state index contributed by atoms with van der Waals surface area (Å²) in [5, 5.41) is 0.528. The number of hydrogen-bond donors (Lipinski definition) is 0. The van der Waals surface area contributed by atoms with Crippen LogP contribution in [0.15, 0.2) is 52.4 Å². The SMILES string of the molecule is C#CCn1c(=NC(=O)c2ccc(S(=O)(=O)N(CC(C)C)CC(C)C)cc2)sc2cccc(Cl)c21. The number of terminal acetylenes is 1. The van der Waals surface area contributed by atoms with Gasteiger partial charge in [-0.05, 0) is 48.2 Å². The number of aromatic nitrogens is 1. The molecule has 0 radical (unpaired) electrons. The van der Waals surface area contributed by atoms with E-state index in [2.05, 4.69) is 10.9 Å². The average Bonchev–Trinajstić information content (AvgIpc) is 3.11. The Balaban J connectivity index is 1.96. The second-order valence-corrected chi connectivity index (χ2v) is 12.2. The van der Waals surface area contributed by atoms with Crippen LogP contribution in [0, 0.1) is 24.2 Å². The Kier molecular flexibility index (Phi) is 8.37. The third kappa shape index (κ3) is 5.78. The van der Waals surface area contributed by atoms with Crippen molar-refractivity contribution in [1.29, 1.82) is 0 Å². The van der Waals surface area contributed by atoms with Crippen LogP contribution in [-0.2, 0) is 16.6 Å². The molecule has 34 heavy (non-hydrogen) atoms. The Morgan fingerprint density at radius 2 is 1.74 bits per heavy atom. The lowest BCUT2D eigenvalue weighted by atomic mass is 10.2. The molecule has 1 aromatic heterocycles. The van der Waals surface area contributed by atoms with E-state index in [1.54, 1.807) is 10.6 Å². The third-order valence-electron chi connectivity index (χ3n) is 4.98. The molecule has 6 nitrogen and oxygen atoms in total. The van der Waals surface area contributed by atoms with Crippen LogP contribution in [0.4, 0.5) is 0 Å². The number of halogens is 1. The zero-order chi connectivity index (χ0) is 25.0. The minimum absolute atomic E-state index is 0.154. The largest absolute Gasteiger partial charge is 0.303 e. The highest BCUT2D eigenvalue weighted by Crippen LogP contribution is 2.25. The lowest BCUT2D eigenvalue weighted by molar-refractivity contribution is 0.0998. The van der Waals surface area contributed by atoms with Crippen molar-refractivity contribution in [2.45, 2.75) is 39.1 Å². The van der Waals surface area contributed by atoms with Gasteiger partial charge >= 0.3 is 0 Å². The number of rotatable bonds is 8. The van der Waals surface area contributed by atoms with Gasteiger partial charge in [-0.1, -0.05) is 62.6 Å². The number of carbonyl (C=O) groups excluding carboxylic acids is 1. The van der Waals surface area contributed by atoms with Gasteiger partial charge in [0.1, 0.15) is 0 Å². The van der Waals surface area contributed by atoms with Crippen molar-refractivity contribution in [3.05, 3.63) is 57.9 Å². The number of para-hydroxylation sites is 1. The van der Waals surface area contributed by atoms with Crippen LogP contribution in [0.2, 0.25) is 5.02 Å². The quantitative estimate of drug-likeness (QED) is 0.393. The van der Waals surface area contributed by atoms with Crippen molar-refractivity contribution in [2.75, 3.05) is 13.1 Å². The summed E-state index contributed by atoms with van der Waals surface area (Å²) in [6.07, 6.45) is 5.52. The van der Waals surface area contributed by atoms with Gasteiger partial charge in [0.2, 0.25) is 10.0 Å². The molecule has 0 unspecified atom stereocenters. The summed E-state index contributed by atoms with van der Waals surface area (Å²) in [6, 6.07) is 11.4. The first-order valence-corrected chi connectivity index (χ1v) is 13.6.